The summed E-state index contributed by atoms with van der Waals surface area (Å²) in [4.78, 5) is 35.7. The minimum Gasteiger partial charge on any atom is -0.469 e. The van der Waals surface area contributed by atoms with Crippen molar-refractivity contribution in [1.82, 2.24) is 0 Å². The van der Waals surface area contributed by atoms with Crippen molar-refractivity contribution >= 4 is 41.2 Å². The number of esters is 2. The molecule has 1 atom stereocenters. The van der Waals surface area contributed by atoms with Gasteiger partial charge in [-0.05, 0) is 26.7 Å². The van der Waals surface area contributed by atoms with Gasteiger partial charge in [-0.2, -0.15) is 0 Å². The minimum atomic E-state index is -1.14. The van der Waals surface area contributed by atoms with Crippen LogP contribution >= 0.6 is 23.5 Å². The van der Waals surface area contributed by atoms with Crippen LogP contribution in [0.3, 0.4) is 0 Å². The number of carbonyl (C=O) groups is 3. The standard InChI is InChI=1S/C14H22O5S2/c1-13(2)20-9-10(15)14(21-13,12(17)19-4)8-6-5-7-11(16)18-3/h5-9H2,1-4H3. The first-order valence-electron chi connectivity index (χ1n) is 6.80. The van der Waals surface area contributed by atoms with Crippen molar-refractivity contribution in [1.29, 1.82) is 0 Å². The van der Waals surface area contributed by atoms with Crippen LogP contribution in [0, 0.1) is 0 Å². The number of Topliss-reactive ketones (excluding diaryl/α,β-unsaturated/α-hetero) is 1. The van der Waals surface area contributed by atoms with E-state index in [0.717, 1.165) is 0 Å². The Morgan fingerprint density at radius 3 is 2.43 bits per heavy atom. The number of hydrogen-bond acceptors (Lipinski definition) is 7. The van der Waals surface area contributed by atoms with E-state index in [9.17, 15) is 14.4 Å². The van der Waals surface area contributed by atoms with E-state index in [-0.39, 0.29) is 15.8 Å². The van der Waals surface area contributed by atoms with Gasteiger partial charge < -0.3 is 9.47 Å². The van der Waals surface area contributed by atoms with Crippen LogP contribution in [0.25, 0.3) is 0 Å². The van der Waals surface area contributed by atoms with Crippen LogP contribution in [0.4, 0.5) is 0 Å². The molecular formula is C14H22O5S2. The summed E-state index contributed by atoms with van der Waals surface area (Å²) in [7, 11) is 2.65. The molecule has 0 radical (unpaired) electrons. The largest absolute Gasteiger partial charge is 0.469 e. The van der Waals surface area contributed by atoms with E-state index in [2.05, 4.69) is 4.74 Å². The van der Waals surface area contributed by atoms with Crippen LogP contribution in [0.15, 0.2) is 0 Å². The fourth-order valence-corrected chi connectivity index (χ4v) is 5.31. The number of rotatable bonds is 6. The monoisotopic (exact) mass is 334 g/mol. The molecule has 7 heteroatoms. The molecule has 1 aliphatic rings. The summed E-state index contributed by atoms with van der Waals surface area (Å²) < 4.78 is 8.10. The number of methoxy groups -OCH3 is 2. The molecule has 0 aromatic carbocycles. The molecule has 1 aliphatic heterocycles. The number of hydrogen-bond donors (Lipinski definition) is 0. The SMILES string of the molecule is COC(=O)CCCCC1(C(=O)OC)SC(C)(C)SCC1=O. The zero-order valence-corrected chi connectivity index (χ0v) is 14.5. The molecule has 0 aromatic heterocycles. The molecule has 0 N–H and O–H groups in total. The molecule has 1 heterocycles. The fraction of sp³-hybridized carbons (Fsp3) is 0.786. The van der Waals surface area contributed by atoms with Crippen molar-refractivity contribution in [2.75, 3.05) is 20.0 Å². The first-order chi connectivity index (χ1) is 9.77. The van der Waals surface area contributed by atoms with Crippen molar-refractivity contribution in [3.63, 3.8) is 0 Å². The predicted octanol–water partition coefficient (Wildman–Crippen LogP) is 2.42. The van der Waals surface area contributed by atoms with Gasteiger partial charge in [0.15, 0.2) is 10.5 Å². The number of unbranched alkanes of at least 4 members (excludes halogenated alkanes) is 1. The molecule has 120 valence electrons. The molecule has 21 heavy (non-hydrogen) atoms. The van der Waals surface area contributed by atoms with Crippen LogP contribution < -0.4 is 0 Å². The first kappa shape index (κ1) is 18.4. The van der Waals surface area contributed by atoms with Gasteiger partial charge in [0, 0.05) is 6.42 Å². The zero-order valence-electron chi connectivity index (χ0n) is 12.9. The van der Waals surface area contributed by atoms with Gasteiger partial charge in [0.1, 0.15) is 0 Å². The van der Waals surface area contributed by atoms with E-state index in [1.54, 1.807) is 0 Å². The topological polar surface area (TPSA) is 69.7 Å². The lowest BCUT2D eigenvalue weighted by atomic mass is 9.96. The molecule has 1 fully saturated rings. The molecule has 0 amide bonds. The lowest BCUT2D eigenvalue weighted by Gasteiger charge is -2.40. The second-order valence-corrected chi connectivity index (χ2v) is 9.09. The summed E-state index contributed by atoms with van der Waals surface area (Å²) in [5.74, 6) is -0.544. The van der Waals surface area contributed by atoms with E-state index in [4.69, 9.17) is 4.74 Å². The highest BCUT2D eigenvalue weighted by atomic mass is 32.2. The van der Waals surface area contributed by atoms with Crippen molar-refractivity contribution in [3.05, 3.63) is 0 Å². The Kier molecular flexibility index (Phi) is 6.59. The summed E-state index contributed by atoms with van der Waals surface area (Å²) in [6.45, 7) is 4.00. The summed E-state index contributed by atoms with van der Waals surface area (Å²) in [6.07, 6.45) is 1.88. The van der Waals surface area contributed by atoms with Gasteiger partial charge in [-0.25, -0.2) is 0 Å². The third-order valence-electron chi connectivity index (χ3n) is 3.32. The third-order valence-corrected chi connectivity index (χ3v) is 6.47. The van der Waals surface area contributed by atoms with Crippen LogP contribution in [-0.2, 0) is 23.9 Å². The Balaban J connectivity index is 2.77. The Morgan fingerprint density at radius 1 is 1.19 bits per heavy atom. The average molecular weight is 334 g/mol. The van der Waals surface area contributed by atoms with E-state index in [1.807, 2.05) is 13.8 Å². The Morgan fingerprint density at radius 2 is 1.86 bits per heavy atom. The molecule has 5 nitrogen and oxygen atoms in total. The van der Waals surface area contributed by atoms with Crippen molar-refractivity contribution < 1.29 is 23.9 Å². The number of thioether (sulfide) groups is 2. The first-order valence-corrected chi connectivity index (χ1v) is 8.60. The maximum atomic E-state index is 12.4. The second kappa shape index (κ2) is 7.54. The Hall–Kier alpha value is -0.690. The van der Waals surface area contributed by atoms with Gasteiger partial charge in [-0.1, -0.05) is 6.42 Å². The molecule has 0 spiro atoms. The van der Waals surface area contributed by atoms with Gasteiger partial charge in [-0.3, -0.25) is 14.4 Å². The highest BCUT2D eigenvalue weighted by Crippen LogP contribution is 2.51. The zero-order chi connectivity index (χ0) is 16.1. The quantitative estimate of drug-likeness (QED) is 0.420. The normalized spacial score (nSPS) is 24.5. The van der Waals surface area contributed by atoms with Crippen LogP contribution in [-0.4, -0.2) is 46.5 Å². The summed E-state index contributed by atoms with van der Waals surface area (Å²) in [6, 6.07) is 0. The molecule has 0 saturated carbocycles. The van der Waals surface area contributed by atoms with Gasteiger partial charge in [0.2, 0.25) is 0 Å². The summed E-state index contributed by atoms with van der Waals surface area (Å²) in [5, 5.41) is 0. The summed E-state index contributed by atoms with van der Waals surface area (Å²) in [5.41, 5.74) is 0. The number of ketones is 1. The fourth-order valence-electron chi connectivity index (χ4n) is 2.22. The van der Waals surface area contributed by atoms with Crippen molar-refractivity contribution in [2.24, 2.45) is 0 Å². The smallest absolute Gasteiger partial charge is 0.329 e. The van der Waals surface area contributed by atoms with E-state index in [1.165, 1.54) is 37.7 Å². The molecular weight excluding hydrogens is 312 g/mol. The van der Waals surface area contributed by atoms with Gasteiger partial charge in [0.25, 0.3) is 0 Å². The van der Waals surface area contributed by atoms with E-state index in [0.29, 0.717) is 31.4 Å². The molecule has 1 saturated heterocycles. The molecule has 1 rings (SSSR count). The molecule has 1 unspecified atom stereocenters. The highest BCUT2D eigenvalue weighted by Gasteiger charge is 2.53. The van der Waals surface area contributed by atoms with E-state index < -0.39 is 10.7 Å². The number of carbonyl (C=O) groups excluding carboxylic acids is 3. The van der Waals surface area contributed by atoms with Crippen molar-refractivity contribution in [3.8, 4) is 0 Å². The maximum Gasteiger partial charge on any atom is 0.329 e. The van der Waals surface area contributed by atoms with Gasteiger partial charge in [0.05, 0.1) is 24.1 Å². The highest BCUT2D eigenvalue weighted by molar-refractivity contribution is 8.20. The second-order valence-electron chi connectivity index (χ2n) is 5.32. The van der Waals surface area contributed by atoms with Crippen LogP contribution in [0.1, 0.15) is 39.5 Å². The Bertz CT molecular complexity index is 412. The van der Waals surface area contributed by atoms with E-state index >= 15 is 0 Å². The molecule has 0 aromatic rings. The van der Waals surface area contributed by atoms with Crippen LogP contribution in [0.5, 0.6) is 0 Å². The number of ether oxygens (including phenoxy) is 2. The maximum absolute atomic E-state index is 12.4. The molecule has 0 bridgehead atoms. The van der Waals surface area contributed by atoms with Crippen molar-refractivity contribution in [2.45, 2.75) is 48.4 Å². The van der Waals surface area contributed by atoms with Crippen LogP contribution in [0.2, 0.25) is 0 Å². The summed E-state index contributed by atoms with van der Waals surface area (Å²) >= 11 is 2.90. The minimum absolute atomic E-state index is 0.0956. The lowest BCUT2D eigenvalue weighted by molar-refractivity contribution is -0.146. The van der Waals surface area contributed by atoms with Gasteiger partial charge in [-0.15, -0.1) is 23.5 Å². The lowest BCUT2D eigenvalue weighted by Crippen LogP contribution is -2.51. The van der Waals surface area contributed by atoms with Gasteiger partial charge >= 0.3 is 11.9 Å². The Labute approximate surface area is 133 Å². The third kappa shape index (κ3) is 4.64. The molecule has 0 aliphatic carbocycles. The predicted molar refractivity (Wildman–Crippen MR) is 84.4 cm³/mol. The average Bonchev–Trinajstić information content (AvgIpc) is 2.45.